The molecule has 0 saturated carbocycles. The molecule has 0 radical (unpaired) electrons. The van der Waals surface area contributed by atoms with Crippen LogP contribution in [0.3, 0.4) is 0 Å². The fourth-order valence-corrected chi connectivity index (χ4v) is 2.28. The lowest BCUT2D eigenvalue weighted by atomic mass is 10.1. The Labute approximate surface area is 123 Å². The van der Waals surface area contributed by atoms with Crippen molar-refractivity contribution in [1.82, 2.24) is 5.32 Å². The molecule has 1 N–H and O–H groups in total. The van der Waals surface area contributed by atoms with E-state index in [1.165, 1.54) is 6.07 Å². The lowest BCUT2D eigenvalue weighted by Crippen LogP contribution is -2.30. The number of benzene rings is 1. The number of aryl methyl sites for hydroxylation is 1. The van der Waals surface area contributed by atoms with Crippen molar-refractivity contribution < 1.29 is 9.72 Å². The minimum Gasteiger partial charge on any atom is -0.351 e. The fourth-order valence-electron chi connectivity index (χ4n) is 1.85. The molecule has 1 unspecified atom stereocenters. The molecule has 1 amide bonds. The number of alkyl halides is 1. The highest BCUT2D eigenvalue weighted by molar-refractivity contribution is 6.21. The minimum atomic E-state index is -0.491. The number of nitro benzene ring substituents is 1. The second kappa shape index (κ2) is 7.24. The van der Waals surface area contributed by atoms with Crippen LogP contribution in [0.1, 0.15) is 36.2 Å². The second-order valence-electron chi connectivity index (χ2n) is 5.20. The maximum atomic E-state index is 11.9. The van der Waals surface area contributed by atoms with Gasteiger partial charge in [0.25, 0.3) is 11.6 Å². The highest BCUT2D eigenvalue weighted by atomic mass is 35.5. The number of rotatable bonds is 6. The predicted octanol–water partition coefficient (Wildman–Crippen LogP) is 3.29. The summed E-state index contributed by atoms with van der Waals surface area (Å²) in [5.41, 5.74) is 0.750. The van der Waals surface area contributed by atoms with Crippen LogP contribution in [0.5, 0.6) is 0 Å². The summed E-state index contributed by atoms with van der Waals surface area (Å²) in [6, 6.07) is 4.43. The van der Waals surface area contributed by atoms with Gasteiger partial charge in [-0.25, -0.2) is 0 Å². The van der Waals surface area contributed by atoms with Gasteiger partial charge in [-0.1, -0.05) is 19.9 Å². The van der Waals surface area contributed by atoms with Gasteiger partial charge >= 0.3 is 0 Å². The van der Waals surface area contributed by atoms with Crippen LogP contribution in [-0.4, -0.2) is 22.8 Å². The van der Waals surface area contributed by atoms with Gasteiger partial charge in [0.05, 0.1) is 10.3 Å². The molecule has 0 aliphatic heterocycles. The Morgan fingerprint density at radius 1 is 1.45 bits per heavy atom. The van der Waals surface area contributed by atoms with Crippen LogP contribution in [0.15, 0.2) is 18.2 Å². The molecule has 1 rings (SSSR count). The van der Waals surface area contributed by atoms with E-state index < -0.39 is 4.92 Å². The molecule has 0 heterocycles. The number of carbonyl (C=O) groups is 1. The Morgan fingerprint density at radius 3 is 2.65 bits per heavy atom. The van der Waals surface area contributed by atoms with Crippen molar-refractivity contribution in [2.75, 3.05) is 6.54 Å². The Hall–Kier alpha value is -1.62. The SMILES string of the molecule is Cc1ccc(C(=O)NCC(Cl)CC(C)C)cc1[N+](=O)[O-]. The number of amides is 1. The largest absolute Gasteiger partial charge is 0.351 e. The van der Waals surface area contributed by atoms with E-state index in [-0.39, 0.29) is 22.5 Å². The van der Waals surface area contributed by atoms with Gasteiger partial charge in [0.1, 0.15) is 0 Å². The maximum absolute atomic E-state index is 11.9. The van der Waals surface area contributed by atoms with E-state index in [1.54, 1.807) is 19.1 Å². The third kappa shape index (κ3) is 4.81. The molecular weight excluding hydrogens is 280 g/mol. The first-order valence-electron chi connectivity index (χ1n) is 6.48. The molecule has 0 spiro atoms. The van der Waals surface area contributed by atoms with E-state index in [0.717, 1.165) is 6.42 Å². The molecule has 0 fully saturated rings. The average molecular weight is 299 g/mol. The smallest absolute Gasteiger partial charge is 0.273 e. The molecule has 20 heavy (non-hydrogen) atoms. The van der Waals surface area contributed by atoms with E-state index in [1.807, 2.05) is 0 Å². The van der Waals surface area contributed by atoms with Crippen molar-refractivity contribution >= 4 is 23.2 Å². The summed E-state index contributed by atoms with van der Waals surface area (Å²) in [6.07, 6.45) is 0.801. The Bertz CT molecular complexity index is 503. The first-order valence-corrected chi connectivity index (χ1v) is 6.92. The van der Waals surface area contributed by atoms with Gasteiger partial charge < -0.3 is 5.32 Å². The number of nitrogens with one attached hydrogen (secondary N) is 1. The summed E-state index contributed by atoms with van der Waals surface area (Å²) in [5.74, 6) is 0.109. The van der Waals surface area contributed by atoms with Crippen molar-refractivity contribution in [1.29, 1.82) is 0 Å². The van der Waals surface area contributed by atoms with E-state index in [0.29, 0.717) is 18.0 Å². The summed E-state index contributed by atoms with van der Waals surface area (Å²) in [6.45, 7) is 6.10. The van der Waals surface area contributed by atoms with Crippen molar-refractivity contribution in [2.45, 2.75) is 32.6 Å². The minimum absolute atomic E-state index is 0.0535. The first-order chi connectivity index (χ1) is 9.31. The number of halogens is 1. The highest BCUT2D eigenvalue weighted by Gasteiger charge is 2.16. The quantitative estimate of drug-likeness (QED) is 0.497. The number of nitro groups is 1. The molecule has 6 heteroatoms. The van der Waals surface area contributed by atoms with Crippen molar-refractivity contribution in [2.24, 2.45) is 5.92 Å². The zero-order valence-electron chi connectivity index (χ0n) is 11.9. The van der Waals surface area contributed by atoms with Gasteiger partial charge in [0, 0.05) is 23.7 Å². The van der Waals surface area contributed by atoms with Crippen molar-refractivity contribution in [3.05, 3.63) is 39.4 Å². The number of hydrogen-bond acceptors (Lipinski definition) is 3. The van der Waals surface area contributed by atoms with Crippen LogP contribution in [0.2, 0.25) is 0 Å². The predicted molar refractivity (Wildman–Crippen MR) is 79.3 cm³/mol. The van der Waals surface area contributed by atoms with Gasteiger partial charge in [-0.05, 0) is 25.3 Å². The van der Waals surface area contributed by atoms with E-state index >= 15 is 0 Å². The zero-order valence-corrected chi connectivity index (χ0v) is 12.6. The second-order valence-corrected chi connectivity index (χ2v) is 5.81. The molecule has 0 aromatic heterocycles. The summed E-state index contributed by atoms with van der Waals surface area (Å²) >= 11 is 6.09. The number of carbonyl (C=O) groups excluding carboxylic acids is 1. The van der Waals surface area contributed by atoms with E-state index in [4.69, 9.17) is 11.6 Å². The summed E-state index contributed by atoms with van der Waals surface area (Å²) in [5, 5.41) is 13.4. The summed E-state index contributed by atoms with van der Waals surface area (Å²) < 4.78 is 0. The normalized spacial score (nSPS) is 12.2. The summed E-state index contributed by atoms with van der Waals surface area (Å²) in [4.78, 5) is 22.3. The highest BCUT2D eigenvalue weighted by Crippen LogP contribution is 2.19. The average Bonchev–Trinajstić information content (AvgIpc) is 2.35. The lowest BCUT2D eigenvalue weighted by molar-refractivity contribution is -0.385. The van der Waals surface area contributed by atoms with Crippen LogP contribution < -0.4 is 5.32 Å². The van der Waals surface area contributed by atoms with Crippen LogP contribution in [0.4, 0.5) is 5.69 Å². The number of hydrogen-bond donors (Lipinski definition) is 1. The van der Waals surface area contributed by atoms with Crippen LogP contribution in [-0.2, 0) is 0 Å². The molecule has 1 aromatic rings. The molecule has 0 aliphatic rings. The lowest BCUT2D eigenvalue weighted by Gasteiger charge is -2.13. The monoisotopic (exact) mass is 298 g/mol. The van der Waals surface area contributed by atoms with Gasteiger partial charge in [-0.2, -0.15) is 0 Å². The molecule has 0 bridgehead atoms. The first kappa shape index (κ1) is 16.4. The number of nitrogens with zero attached hydrogens (tertiary/aromatic N) is 1. The standard InChI is InChI=1S/C14H19ClN2O3/c1-9(2)6-12(15)8-16-14(18)11-5-4-10(3)13(7-11)17(19)20/h4-5,7,9,12H,6,8H2,1-3H3,(H,16,18). The molecule has 1 aromatic carbocycles. The molecular formula is C14H19ClN2O3. The van der Waals surface area contributed by atoms with Crippen LogP contribution >= 0.6 is 11.6 Å². The Kier molecular flexibility index (Phi) is 5.95. The third-order valence-electron chi connectivity index (χ3n) is 2.88. The van der Waals surface area contributed by atoms with E-state index in [9.17, 15) is 14.9 Å². The van der Waals surface area contributed by atoms with E-state index in [2.05, 4.69) is 19.2 Å². The molecule has 110 valence electrons. The zero-order chi connectivity index (χ0) is 15.3. The fraction of sp³-hybridized carbons (Fsp3) is 0.500. The molecule has 1 atom stereocenters. The molecule has 0 aliphatic carbocycles. The third-order valence-corrected chi connectivity index (χ3v) is 3.21. The Balaban J connectivity index is 2.69. The molecule has 5 nitrogen and oxygen atoms in total. The van der Waals surface area contributed by atoms with Crippen molar-refractivity contribution in [3.8, 4) is 0 Å². The Morgan fingerprint density at radius 2 is 2.10 bits per heavy atom. The van der Waals surface area contributed by atoms with Gasteiger partial charge in [0.2, 0.25) is 0 Å². The summed E-state index contributed by atoms with van der Waals surface area (Å²) in [7, 11) is 0. The van der Waals surface area contributed by atoms with Gasteiger partial charge in [0.15, 0.2) is 0 Å². The van der Waals surface area contributed by atoms with Crippen LogP contribution in [0, 0.1) is 23.0 Å². The topological polar surface area (TPSA) is 72.2 Å². The van der Waals surface area contributed by atoms with Gasteiger partial charge in [-0.3, -0.25) is 14.9 Å². The van der Waals surface area contributed by atoms with Crippen LogP contribution in [0.25, 0.3) is 0 Å². The maximum Gasteiger partial charge on any atom is 0.273 e. The molecule has 0 saturated heterocycles. The van der Waals surface area contributed by atoms with Gasteiger partial charge in [-0.15, -0.1) is 11.6 Å². The van der Waals surface area contributed by atoms with Crippen molar-refractivity contribution in [3.63, 3.8) is 0 Å².